The lowest BCUT2D eigenvalue weighted by Crippen LogP contribution is -2.35. The van der Waals surface area contributed by atoms with Crippen LogP contribution in [-0.4, -0.2) is 49.2 Å². The van der Waals surface area contributed by atoms with Gasteiger partial charge in [-0.1, -0.05) is 6.07 Å². The smallest absolute Gasteiger partial charge is 0.227 e. The Morgan fingerprint density at radius 3 is 2.56 bits per heavy atom. The number of pyridine rings is 1. The van der Waals surface area contributed by atoms with E-state index < -0.39 is 0 Å². The Kier molecular flexibility index (Phi) is 6.73. The third kappa shape index (κ3) is 5.10. The first kappa shape index (κ1) is 21.9. The van der Waals surface area contributed by atoms with Crippen LogP contribution in [0.4, 0.5) is 23.1 Å². The summed E-state index contributed by atoms with van der Waals surface area (Å²) >= 11 is 0. The monoisotopic (exact) mass is 432 g/mol. The predicted octanol–water partition coefficient (Wildman–Crippen LogP) is 4.46. The fraction of sp³-hybridized carbons (Fsp3) is 0.400. The quantitative estimate of drug-likeness (QED) is 0.591. The number of aromatic nitrogens is 3. The fourth-order valence-corrected chi connectivity index (χ4v) is 4.09. The average Bonchev–Trinajstić information content (AvgIpc) is 2.81. The average molecular weight is 433 g/mol. The maximum absolute atomic E-state index is 5.54. The molecule has 7 heteroatoms. The highest BCUT2D eigenvalue weighted by molar-refractivity contribution is 5.70. The molecular formula is C25H32N6O. The van der Waals surface area contributed by atoms with Gasteiger partial charge in [0, 0.05) is 51.0 Å². The highest BCUT2D eigenvalue weighted by Crippen LogP contribution is 2.31. The SMILES string of the molecule is COc1cnc(N2CCC(Cc3ccncc3)CC2)nc1Nc1cc(N(C)C)ccc1C. The van der Waals surface area contributed by atoms with E-state index in [1.54, 1.807) is 13.3 Å². The fourth-order valence-electron chi connectivity index (χ4n) is 4.09. The number of anilines is 4. The van der Waals surface area contributed by atoms with Gasteiger partial charge in [-0.2, -0.15) is 4.98 Å². The molecule has 0 aliphatic carbocycles. The van der Waals surface area contributed by atoms with Crippen molar-refractivity contribution in [1.82, 2.24) is 15.0 Å². The summed E-state index contributed by atoms with van der Waals surface area (Å²) in [5.74, 6) is 2.75. The van der Waals surface area contributed by atoms with E-state index in [1.807, 2.05) is 26.5 Å². The number of aryl methyl sites for hydroxylation is 1. The predicted molar refractivity (Wildman–Crippen MR) is 130 cm³/mol. The minimum Gasteiger partial charge on any atom is -0.491 e. The number of rotatable bonds is 7. The van der Waals surface area contributed by atoms with Crippen LogP contribution < -0.4 is 19.9 Å². The minimum absolute atomic E-state index is 0.635. The van der Waals surface area contributed by atoms with Gasteiger partial charge < -0.3 is 19.9 Å². The summed E-state index contributed by atoms with van der Waals surface area (Å²) in [6, 6.07) is 10.6. The summed E-state index contributed by atoms with van der Waals surface area (Å²) in [5.41, 5.74) is 4.65. The molecule has 1 aliphatic heterocycles. The Bertz CT molecular complexity index is 1030. The molecule has 0 amide bonds. The Morgan fingerprint density at radius 2 is 1.88 bits per heavy atom. The lowest BCUT2D eigenvalue weighted by atomic mass is 9.90. The Labute approximate surface area is 190 Å². The molecule has 0 atom stereocenters. The third-order valence-corrected chi connectivity index (χ3v) is 6.12. The van der Waals surface area contributed by atoms with Gasteiger partial charge in [0.25, 0.3) is 0 Å². The largest absolute Gasteiger partial charge is 0.491 e. The van der Waals surface area contributed by atoms with Gasteiger partial charge in [-0.3, -0.25) is 4.98 Å². The molecule has 1 saturated heterocycles. The molecule has 1 aliphatic rings. The van der Waals surface area contributed by atoms with E-state index in [2.05, 4.69) is 62.3 Å². The van der Waals surface area contributed by atoms with Gasteiger partial charge in [-0.25, -0.2) is 4.98 Å². The molecule has 4 rings (SSSR count). The second kappa shape index (κ2) is 9.85. The number of nitrogens with zero attached hydrogens (tertiary/aromatic N) is 5. The summed E-state index contributed by atoms with van der Waals surface area (Å²) in [6.45, 7) is 4.00. The van der Waals surface area contributed by atoms with E-state index in [4.69, 9.17) is 9.72 Å². The summed E-state index contributed by atoms with van der Waals surface area (Å²) in [5, 5.41) is 3.47. The molecule has 0 saturated carbocycles. The molecule has 3 aromatic rings. The van der Waals surface area contributed by atoms with Crippen molar-refractivity contribution in [1.29, 1.82) is 0 Å². The lowest BCUT2D eigenvalue weighted by Gasteiger charge is -2.32. The topological polar surface area (TPSA) is 66.4 Å². The van der Waals surface area contributed by atoms with Crippen molar-refractivity contribution in [3.63, 3.8) is 0 Å². The Hall–Kier alpha value is -3.35. The zero-order chi connectivity index (χ0) is 22.5. The van der Waals surface area contributed by atoms with Crippen molar-refractivity contribution in [2.45, 2.75) is 26.2 Å². The van der Waals surface area contributed by atoms with Gasteiger partial charge in [0.1, 0.15) is 0 Å². The molecule has 3 heterocycles. The van der Waals surface area contributed by atoms with Crippen molar-refractivity contribution in [3.05, 3.63) is 60.0 Å². The zero-order valence-electron chi connectivity index (χ0n) is 19.4. The molecule has 2 aromatic heterocycles. The van der Waals surface area contributed by atoms with Gasteiger partial charge in [0.15, 0.2) is 11.6 Å². The number of piperidine rings is 1. The van der Waals surface area contributed by atoms with Crippen LogP contribution in [0.5, 0.6) is 5.75 Å². The van der Waals surface area contributed by atoms with Gasteiger partial charge in [-0.05, 0) is 67.5 Å². The number of methoxy groups -OCH3 is 1. The van der Waals surface area contributed by atoms with Crippen LogP contribution in [-0.2, 0) is 6.42 Å². The molecule has 0 spiro atoms. The maximum Gasteiger partial charge on any atom is 0.227 e. The van der Waals surface area contributed by atoms with Crippen molar-refractivity contribution in [2.75, 3.05) is 49.4 Å². The molecule has 7 nitrogen and oxygen atoms in total. The van der Waals surface area contributed by atoms with Crippen LogP contribution in [0.1, 0.15) is 24.0 Å². The van der Waals surface area contributed by atoms with Gasteiger partial charge in [0.05, 0.1) is 13.3 Å². The highest BCUT2D eigenvalue weighted by atomic mass is 16.5. The first-order valence-electron chi connectivity index (χ1n) is 11.1. The summed E-state index contributed by atoms with van der Waals surface area (Å²) in [7, 11) is 5.73. The van der Waals surface area contributed by atoms with E-state index in [0.29, 0.717) is 17.5 Å². The first-order valence-corrected chi connectivity index (χ1v) is 11.1. The van der Waals surface area contributed by atoms with Crippen molar-refractivity contribution < 1.29 is 4.74 Å². The molecular weight excluding hydrogens is 400 g/mol. The van der Waals surface area contributed by atoms with Crippen LogP contribution in [0.15, 0.2) is 48.9 Å². The van der Waals surface area contributed by atoms with Crippen molar-refractivity contribution >= 4 is 23.1 Å². The highest BCUT2D eigenvalue weighted by Gasteiger charge is 2.22. The van der Waals surface area contributed by atoms with E-state index in [9.17, 15) is 0 Å². The van der Waals surface area contributed by atoms with E-state index in [-0.39, 0.29) is 0 Å². The summed E-state index contributed by atoms with van der Waals surface area (Å²) in [6.07, 6.45) is 8.88. The molecule has 0 unspecified atom stereocenters. The molecule has 1 fully saturated rings. The van der Waals surface area contributed by atoms with Gasteiger partial charge in [-0.15, -0.1) is 0 Å². The number of nitrogens with one attached hydrogen (secondary N) is 1. The van der Waals surface area contributed by atoms with Crippen LogP contribution in [0.3, 0.4) is 0 Å². The standard InChI is InChI=1S/C25H32N6O/c1-18-5-6-21(30(2)3)16-22(18)28-24-23(32-4)17-27-25(29-24)31-13-9-20(10-14-31)15-19-7-11-26-12-8-19/h5-8,11-12,16-17,20H,9-10,13-15H2,1-4H3,(H,27,28,29). The Balaban J connectivity index is 1.47. The van der Waals surface area contributed by atoms with Crippen LogP contribution in [0.25, 0.3) is 0 Å². The van der Waals surface area contributed by atoms with Crippen LogP contribution in [0.2, 0.25) is 0 Å². The maximum atomic E-state index is 5.54. The lowest BCUT2D eigenvalue weighted by molar-refractivity contribution is 0.398. The molecule has 0 bridgehead atoms. The number of benzene rings is 1. The van der Waals surface area contributed by atoms with Gasteiger partial charge >= 0.3 is 0 Å². The number of hydrogen-bond acceptors (Lipinski definition) is 7. The van der Waals surface area contributed by atoms with Gasteiger partial charge in [0.2, 0.25) is 5.95 Å². The van der Waals surface area contributed by atoms with E-state index in [1.165, 1.54) is 5.56 Å². The molecule has 1 N–H and O–H groups in total. The summed E-state index contributed by atoms with van der Waals surface area (Å²) < 4.78 is 5.54. The first-order chi connectivity index (χ1) is 15.5. The second-order valence-corrected chi connectivity index (χ2v) is 8.60. The summed E-state index contributed by atoms with van der Waals surface area (Å²) in [4.78, 5) is 17.9. The van der Waals surface area contributed by atoms with E-state index >= 15 is 0 Å². The zero-order valence-corrected chi connectivity index (χ0v) is 19.4. The van der Waals surface area contributed by atoms with Crippen molar-refractivity contribution in [2.24, 2.45) is 5.92 Å². The van der Waals surface area contributed by atoms with E-state index in [0.717, 1.165) is 55.2 Å². The second-order valence-electron chi connectivity index (χ2n) is 8.60. The van der Waals surface area contributed by atoms with Crippen molar-refractivity contribution in [3.8, 4) is 5.75 Å². The number of hydrogen-bond donors (Lipinski definition) is 1. The molecule has 0 radical (unpaired) electrons. The van der Waals surface area contributed by atoms with Crippen LogP contribution >= 0.6 is 0 Å². The molecule has 1 aromatic carbocycles. The minimum atomic E-state index is 0.635. The normalized spacial score (nSPS) is 14.3. The third-order valence-electron chi connectivity index (χ3n) is 6.12. The van der Waals surface area contributed by atoms with Crippen LogP contribution in [0, 0.1) is 12.8 Å². The molecule has 32 heavy (non-hydrogen) atoms. The molecule has 168 valence electrons. The number of ether oxygens (including phenoxy) is 1. The Morgan fingerprint density at radius 1 is 1.12 bits per heavy atom.